The number of nitriles is 1. The summed E-state index contributed by atoms with van der Waals surface area (Å²) in [6, 6.07) is 15.3. The van der Waals surface area contributed by atoms with Crippen molar-refractivity contribution in [2.75, 3.05) is 5.32 Å². The van der Waals surface area contributed by atoms with E-state index in [1.165, 1.54) is 5.56 Å². The number of amides is 1. The van der Waals surface area contributed by atoms with E-state index >= 15 is 0 Å². The van der Waals surface area contributed by atoms with E-state index in [-0.39, 0.29) is 5.91 Å². The maximum atomic E-state index is 12.0. The molecule has 0 saturated carbocycles. The van der Waals surface area contributed by atoms with Crippen molar-refractivity contribution >= 4 is 11.6 Å². The van der Waals surface area contributed by atoms with Crippen LogP contribution in [0.4, 0.5) is 5.69 Å². The minimum Gasteiger partial charge on any atom is -0.326 e. The summed E-state index contributed by atoms with van der Waals surface area (Å²) in [7, 11) is 0. The van der Waals surface area contributed by atoms with Crippen LogP contribution < -0.4 is 5.32 Å². The lowest BCUT2D eigenvalue weighted by molar-refractivity contribution is -0.116. The Hall–Kier alpha value is -2.60. The highest BCUT2D eigenvalue weighted by Gasteiger charge is 2.06. The highest BCUT2D eigenvalue weighted by molar-refractivity contribution is 5.91. The van der Waals surface area contributed by atoms with Crippen LogP contribution in [-0.4, -0.2) is 5.91 Å². The van der Waals surface area contributed by atoms with Crippen molar-refractivity contribution < 1.29 is 4.79 Å². The molecule has 0 aliphatic rings. The van der Waals surface area contributed by atoms with Gasteiger partial charge in [-0.3, -0.25) is 4.79 Å². The minimum atomic E-state index is 0.00746. The third-order valence-electron chi connectivity index (χ3n) is 3.60. The largest absolute Gasteiger partial charge is 0.326 e. The van der Waals surface area contributed by atoms with Crippen molar-refractivity contribution in [3.8, 4) is 6.07 Å². The van der Waals surface area contributed by atoms with Gasteiger partial charge in [-0.05, 0) is 55.2 Å². The molecule has 0 aliphatic carbocycles. The SMILES string of the molecule is Cc1cccc(NC(=O)CCc2ccc(C#N)cc2)c1C. The second-order valence-electron chi connectivity index (χ2n) is 5.10. The third-order valence-corrected chi connectivity index (χ3v) is 3.60. The van der Waals surface area contributed by atoms with Gasteiger partial charge in [0.2, 0.25) is 5.91 Å². The molecule has 2 aromatic carbocycles. The highest BCUT2D eigenvalue weighted by Crippen LogP contribution is 2.18. The van der Waals surface area contributed by atoms with E-state index in [0.717, 1.165) is 16.8 Å². The first kappa shape index (κ1) is 14.8. The van der Waals surface area contributed by atoms with Crippen LogP contribution in [0.1, 0.15) is 28.7 Å². The van der Waals surface area contributed by atoms with Gasteiger partial charge in [-0.2, -0.15) is 5.26 Å². The summed E-state index contributed by atoms with van der Waals surface area (Å²) in [5.74, 6) is 0.00746. The van der Waals surface area contributed by atoms with Crippen molar-refractivity contribution in [2.24, 2.45) is 0 Å². The van der Waals surface area contributed by atoms with Gasteiger partial charge in [-0.25, -0.2) is 0 Å². The minimum absolute atomic E-state index is 0.00746. The Kier molecular flexibility index (Phi) is 4.73. The number of carbonyl (C=O) groups excluding carboxylic acids is 1. The topological polar surface area (TPSA) is 52.9 Å². The van der Waals surface area contributed by atoms with Crippen LogP contribution in [0, 0.1) is 25.2 Å². The Morgan fingerprint density at radius 1 is 1.14 bits per heavy atom. The predicted octanol–water partition coefficient (Wildman–Crippen LogP) is 3.75. The van der Waals surface area contributed by atoms with Crippen LogP contribution in [0.2, 0.25) is 0 Å². The summed E-state index contributed by atoms with van der Waals surface area (Å²) in [5, 5.41) is 11.7. The number of benzene rings is 2. The number of anilines is 1. The molecule has 2 aromatic rings. The maximum Gasteiger partial charge on any atom is 0.224 e. The zero-order chi connectivity index (χ0) is 15.2. The van der Waals surface area contributed by atoms with Gasteiger partial charge in [0, 0.05) is 12.1 Å². The van der Waals surface area contributed by atoms with E-state index in [2.05, 4.69) is 11.4 Å². The molecule has 2 rings (SSSR count). The van der Waals surface area contributed by atoms with Gasteiger partial charge in [0.25, 0.3) is 0 Å². The van der Waals surface area contributed by atoms with Crippen molar-refractivity contribution in [1.29, 1.82) is 5.26 Å². The molecule has 0 saturated heterocycles. The van der Waals surface area contributed by atoms with Crippen LogP contribution in [0.25, 0.3) is 0 Å². The molecule has 0 unspecified atom stereocenters. The summed E-state index contributed by atoms with van der Waals surface area (Å²) < 4.78 is 0. The molecule has 0 fully saturated rings. The lowest BCUT2D eigenvalue weighted by atomic mass is 10.1. The first-order chi connectivity index (χ1) is 10.1. The molecular formula is C18H18N2O. The molecule has 0 bridgehead atoms. The molecule has 106 valence electrons. The van der Waals surface area contributed by atoms with E-state index in [1.807, 2.05) is 44.2 Å². The fourth-order valence-corrected chi connectivity index (χ4v) is 2.10. The van der Waals surface area contributed by atoms with Crippen molar-refractivity contribution in [3.63, 3.8) is 0 Å². The Morgan fingerprint density at radius 3 is 2.52 bits per heavy atom. The predicted molar refractivity (Wildman–Crippen MR) is 84.0 cm³/mol. The van der Waals surface area contributed by atoms with Crippen molar-refractivity contribution in [1.82, 2.24) is 0 Å². The summed E-state index contributed by atoms with van der Waals surface area (Å²) in [4.78, 5) is 12.0. The van der Waals surface area contributed by atoms with Crippen LogP contribution in [-0.2, 0) is 11.2 Å². The van der Waals surface area contributed by atoms with Gasteiger partial charge >= 0.3 is 0 Å². The lowest BCUT2D eigenvalue weighted by Crippen LogP contribution is -2.13. The fourth-order valence-electron chi connectivity index (χ4n) is 2.10. The molecule has 0 aromatic heterocycles. The molecule has 21 heavy (non-hydrogen) atoms. The zero-order valence-corrected chi connectivity index (χ0v) is 12.3. The van der Waals surface area contributed by atoms with Gasteiger partial charge in [0.05, 0.1) is 11.6 Å². The Morgan fingerprint density at radius 2 is 1.86 bits per heavy atom. The molecule has 0 aliphatic heterocycles. The molecule has 3 heteroatoms. The number of hydrogen-bond acceptors (Lipinski definition) is 2. The van der Waals surface area contributed by atoms with Crippen molar-refractivity contribution in [2.45, 2.75) is 26.7 Å². The molecule has 0 spiro atoms. The zero-order valence-electron chi connectivity index (χ0n) is 12.3. The van der Waals surface area contributed by atoms with Gasteiger partial charge < -0.3 is 5.32 Å². The molecule has 3 nitrogen and oxygen atoms in total. The average Bonchev–Trinajstić information content (AvgIpc) is 2.50. The van der Waals surface area contributed by atoms with Gasteiger partial charge in [-0.15, -0.1) is 0 Å². The first-order valence-electron chi connectivity index (χ1n) is 6.95. The molecule has 0 atom stereocenters. The molecule has 1 N–H and O–H groups in total. The van der Waals surface area contributed by atoms with Gasteiger partial charge in [-0.1, -0.05) is 24.3 Å². The smallest absolute Gasteiger partial charge is 0.224 e. The van der Waals surface area contributed by atoms with Crippen LogP contribution >= 0.6 is 0 Å². The summed E-state index contributed by atoms with van der Waals surface area (Å²) in [6.45, 7) is 4.04. The van der Waals surface area contributed by atoms with E-state index in [4.69, 9.17) is 5.26 Å². The second-order valence-corrected chi connectivity index (χ2v) is 5.10. The van der Waals surface area contributed by atoms with Gasteiger partial charge in [0.15, 0.2) is 0 Å². The third kappa shape index (κ3) is 3.93. The monoisotopic (exact) mass is 278 g/mol. The van der Waals surface area contributed by atoms with Crippen LogP contribution in [0.15, 0.2) is 42.5 Å². The maximum absolute atomic E-state index is 12.0. The van der Waals surface area contributed by atoms with E-state index < -0.39 is 0 Å². The number of rotatable bonds is 4. The highest BCUT2D eigenvalue weighted by atomic mass is 16.1. The number of nitrogens with one attached hydrogen (secondary N) is 1. The molecule has 1 amide bonds. The average molecular weight is 278 g/mol. The number of hydrogen-bond donors (Lipinski definition) is 1. The molecule has 0 heterocycles. The lowest BCUT2D eigenvalue weighted by Gasteiger charge is -2.10. The number of aryl methyl sites for hydroxylation is 2. The number of nitrogens with zero attached hydrogens (tertiary/aromatic N) is 1. The number of carbonyl (C=O) groups is 1. The molecule has 0 radical (unpaired) electrons. The first-order valence-corrected chi connectivity index (χ1v) is 6.95. The Bertz CT molecular complexity index is 681. The van der Waals surface area contributed by atoms with E-state index in [1.54, 1.807) is 12.1 Å². The van der Waals surface area contributed by atoms with Gasteiger partial charge in [0.1, 0.15) is 0 Å². The van der Waals surface area contributed by atoms with E-state index in [9.17, 15) is 4.79 Å². The van der Waals surface area contributed by atoms with E-state index in [0.29, 0.717) is 18.4 Å². The normalized spacial score (nSPS) is 9.95. The second kappa shape index (κ2) is 6.71. The Balaban J connectivity index is 1.93. The van der Waals surface area contributed by atoms with Crippen LogP contribution in [0.3, 0.4) is 0 Å². The van der Waals surface area contributed by atoms with Crippen molar-refractivity contribution in [3.05, 3.63) is 64.7 Å². The standard InChI is InChI=1S/C18H18N2O/c1-13-4-3-5-17(14(13)2)20-18(21)11-10-15-6-8-16(12-19)9-7-15/h3-9H,10-11H2,1-2H3,(H,20,21). The quantitative estimate of drug-likeness (QED) is 0.926. The summed E-state index contributed by atoms with van der Waals surface area (Å²) in [6.07, 6.45) is 1.10. The van der Waals surface area contributed by atoms with Crippen LogP contribution in [0.5, 0.6) is 0 Å². The molecular weight excluding hydrogens is 260 g/mol. The summed E-state index contributed by atoms with van der Waals surface area (Å²) >= 11 is 0. The fraction of sp³-hybridized carbons (Fsp3) is 0.222. The summed E-state index contributed by atoms with van der Waals surface area (Å²) in [5.41, 5.74) is 4.84. The Labute approximate surface area is 125 Å².